The summed E-state index contributed by atoms with van der Waals surface area (Å²) in [6, 6.07) is 5.40. The molecule has 0 aliphatic heterocycles. The molecule has 0 spiro atoms. The molecule has 0 unspecified atom stereocenters. The molecule has 0 saturated carbocycles. The van der Waals surface area contributed by atoms with Crippen LogP contribution in [0.15, 0.2) is 18.2 Å². The Hall–Kier alpha value is -0.730. The van der Waals surface area contributed by atoms with E-state index in [0.717, 1.165) is 18.4 Å². The lowest BCUT2D eigenvalue weighted by atomic mass is 10.0. The first-order valence-electron chi connectivity index (χ1n) is 5.21. The highest BCUT2D eigenvalue weighted by Gasteiger charge is 2.15. The van der Waals surface area contributed by atoms with Crippen LogP contribution in [0, 0.1) is 0 Å². The number of esters is 1. The maximum atomic E-state index is 11.7. The number of rotatable bonds is 5. The summed E-state index contributed by atoms with van der Waals surface area (Å²) in [7, 11) is 0. The van der Waals surface area contributed by atoms with Gasteiger partial charge in [0.2, 0.25) is 0 Å². The summed E-state index contributed by atoms with van der Waals surface area (Å²) < 4.78 is 4.97. The second kappa shape index (κ2) is 6.77. The Labute approximate surface area is 106 Å². The van der Waals surface area contributed by atoms with Gasteiger partial charge in [-0.2, -0.15) is 0 Å². The van der Waals surface area contributed by atoms with Crippen molar-refractivity contribution in [2.45, 2.75) is 19.8 Å². The third-order valence-corrected chi connectivity index (χ3v) is 2.74. The largest absolute Gasteiger partial charge is 0.462 e. The molecule has 1 rings (SSSR count). The third-order valence-electron chi connectivity index (χ3n) is 2.16. The molecule has 0 amide bonds. The number of aryl methyl sites for hydroxylation is 1. The summed E-state index contributed by atoms with van der Waals surface area (Å²) in [5.41, 5.74) is 1.36. The van der Waals surface area contributed by atoms with Crippen LogP contribution in [0.2, 0.25) is 5.02 Å². The van der Waals surface area contributed by atoms with E-state index in [4.69, 9.17) is 27.9 Å². The van der Waals surface area contributed by atoms with E-state index in [9.17, 15) is 4.79 Å². The zero-order valence-electron chi connectivity index (χ0n) is 9.13. The lowest BCUT2D eigenvalue weighted by Gasteiger charge is -2.09. The molecule has 1 aromatic carbocycles. The Kier molecular flexibility index (Phi) is 5.64. The van der Waals surface area contributed by atoms with E-state index in [2.05, 4.69) is 0 Å². The fourth-order valence-electron chi connectivity index (χ4n) is 1.47. The van der Waals surface area contributed by atoms with Crippen LogP contribution < -0.4 is 0 Å². The van der Waals surface area contributed by atoms with Gasteiger partial charge in [0.1, 0.15) is 0 Å². The second-order valence-electron chi connectivity index (χ2n) is 3.29. The van der Waals surface area contributed by atoms with E-state index in [0.29, 0.717) is 23.1 Å². The molecule has 0 heterocycles. The van der Waals surface area contributed by atoms with Gasteiger partial charge < -0.3 is 4.74 Å². The van der Waals surface area contributed by atoms with Gasteiger partial charge in [-0.25, -0.2) is 4.79 Å². The zero-order valence-corrected chi connectivity index (χ0v) is 10.6. The minimum absolute atomic E-state index is 0.346. The maximum absolute atomic E-state index is 11.7. The van der Waals surface area contributed by atoms with Gasteiger partial charge >= 0.3 is 5.97 Å². The standard InChI is InChI=1S/C12H14Cl2O2/c1-2-16-12(15)11-9(6-4-8-13)5-3-7-10(11)14/h3,5,7H,2,4,6,8H2,1H3. The van der Waals surface area contributed by atoms with Crippen molar-refractivity contribution in [1.82, 2.24) is 0 Å². The normalized spacial score (nSPS) is 10.2. The van der Waals surface area contributed by atoms with Crippen molar-refractivity contribution in [3.8, 4) is 0 Å². The Balaban J connectivity index is 2.98. The van der Waals surface area contributed by atoms with Crippen molar-refractivity contribution in [1.29, 1.82) is 0 Å². The summed E-state index contributed by atoms with van der Waals surface area (Å²) in [5, 5.41) is 0.436. The van der Waals surface area contributed by atoms with Crippen molar-refractivity contribution < 1.29 is 9.53 Å². The van der Waals surface area contributed by atoms with Crippen LogP contribution in [0.1, 0.15) is 29.3 Å². The summed E-state index contributed by atoms with van der Waals surface area (Å²) in [6.45, 7) is 2.12. The van der Waals surface area contributed by atoms with Gasteiger partial charge in [0.15, 0.2) is 0 Å². The van der Waals surface area contributed by atoms with Gasteiger partial charge in [-0.3, -0.25) is 0 Å². The van der Waals surface area contributed by atoms with E-state index in [1.807, 2.05) is 12.1 Å². The van der Waals surface area contributed by atoms with Gasteiger partial charge in [0.25, 0.3) is 0 Å². The van der Waals surface area contributed by atoms with Crippen LogP contribution in [0.25, 0.3) is 0 Å². The first-order chi connectivity index (χ1) is 7.70. The predicted octanol–water partition coefficient (Wildman–Crippen LogP) is 3.69. The van der Waals surface area contributed by atoms with Gasteiger partial charge in [-0.05, 0) is 31.4 Å². The van der Waals surface area contributed by atoms with Gasteiger partial charge in [0.05, 0.1) is 17.2 Å². The lowest BCUT2D eigenvalue weighted by molar-refractivity contribution is 0.0525. The van der Waals surface area contributed by atoms with Gasteiger partial charge in [0, 0.05) is 5.88 Å². The molecule has 0 saturated heterocycles. The lowest BCUT2D eigenvalue weighted by Crippen LogP contribution is -2.09. The van der Waals surface area contributed by atoms with Gasteiger partial charge in [-0.15, -0.1) is 11.6 Å². The fourth-order valence-corrected chi connectivity index (χ4v) is 1.87. The average Bonchev–Trinajstić information content (AvgIpc) is 2.26. The number of hydrogen-bond acceptors (Lipinski definition) is 2. The molecule has 0 fully saturated rings. The van der Waals surface area contributed by atoms with Crippen molar-refractivity contribution in [3.05, 3.63) is 34.3 Å². The Morgan fingerprint density at radius 1 is 1.44 bits per heavy atom. The zero-order chi connectivity index (χ0) is 12.0. The van der Waals surface area contributed by atoms with Crippen molar-refractivity contribution in [2.75, 3.05) is 12.5 Å². The second-order valence-corrected chi connectivity index (χ2v) is 4.07. The molecule has 0 aliphatic carbocycles. The molecular formula is C12H14Cl2O2. The molecule has 0 radical (unpaired) electrons. The Morgan fingerprint density at radius 3 is 2.81 bits per heavy atom. The predicted molar refractivity (Wildman–Crippen MR) is 66.4 cm³/mol. The maximum Gasteiger partial charge on any atom is 0.339 e. The minimum atomic E-state index is -0.363. The molecule has 16 heavy (non-hydrogen) atoms. The van der Waals surface area contributed by atoms with Crippen LogP contribution in [0.3, 0.4) is 0 Å². The number of benzene rings is 1. The van der Waals surface area contributed by atoms with E-state index in [-0.39, 0.29) is 5.97 Å². The quantitative estimate of drug-likeness (QED) is 0.596. The summed E-state index contributed by atoms with van der Waals surface area (Å²) in [6.07, 6.45) is 1.55. The summed E-state index contributed by atoms with van der Waals surface area (Å²) in [4.78, 5) is 11.7. The number of alkyl halides is 1. The van der Waals surface area contributed by atoms with Crippen LogP contribution in [0.5, 0.6) is 0 Å². The van der Waals surface area contributed by atoms with E-state index < -0.39 is 0 Å². The fraction of sp³-hybridized carbons (Fsp3) is 0.417. The first-order valence-corrected chi connectivity index (χ1v) is 6.12. The monoisotopic (exact) mass is 260 g/mol. The van der Waals surface area contributed by atoms with Crippen LogP contribution in [0.4, 0.5) is 0 Å². The number of carbonyl (C=O) groups is 1. The van der Waals surface area contributed by atoms with Gasteiger partial charge in [-0.1, -0.05) is 23.7 Å². The Morgan fingerprint density at radius 2 is 2.19 bits per heavy atom. The first kappa shape index (κ1) is 13.3. The molecule has 2 nitrogen and oxygen atoms in total. The SMILES string of the molecule is CCOC(=O)c1c(Cl)cccc1CCCCl. The van der Waals surface area contributed by atoms with E-state index in [1.54, 1.807) is 13.0 Å². The highest BCUT2D eigenvalue weighted by Crippen LogP contribution is 2.22. The molecule has 1 aromatic rings. The van der Waals surface area contributed by atoms with Crippen molar-refractivity contribution in [2.24, 2.45) is 0 Å². The third kappa shape index (κ3) is 3.39. The molecule has 4 heteroatoms. The van der Waals surface area contributed by atoms with E-state index in [1.165, 1.54) is 0 Å². The molecule has 0 N–H and O–H groups in total. The number of carbonyl (C=O) groups excluding carboxylic acids is 1. The topological polar surface area (TPSA) is 26.3 Å². The van der Waals surface area contributed by atoms with Crippen LogP contribution >= 0.6 is 23.2 Å². The molecule has 88 valence electrons. The molecule has 0 aromatic heterocycles. The van der Waals surface area contributed by atoms with E-state index >= 15 is 0 Å². The molecular weight excluding hydrogens is 247 g/mol. The van der Waals surface area contributed by atoms with Crippen molar-refractivity contribution in [3.63, 3.8) is 0 Å². The Bertz CT molecular complexity index is 364. The minimum Gasteiger partial charge on any atom is -0.462 e. The molecule has 0 aliphatic rings. The number of halogens is 2. The smallest absolute Gasteiger partial charge is 0.339 e. The molecule has 0 atom stereocenters. The average molecular weight is 261 g/mol. The van der Waals surface area contributed by atoms with Crippen LogP contribution in [-0.2, 0) is 11.2 Å². The number of hydrogen-bond donors (Lipinski definition) is 0. The molecule has 0 bridgehead atoms. The number of ether oxygens (including phenoxy) is 1. The highest BCUT2D eigenvalue weighted by molar-refractivity contribution is 6.33. The summed E-state index contributed by atoms with van der Waals surface area (Å²) in [5.74, 6) is 0.201. The van der Waals surface area contributed by atoms with Crippen molar-refractivity contribution >= 4 is 29.2 Å². The summed E-state index contributed by atoms with van der Waals surface area (Å²) >= 11 is 11.6. The highest BCUT2D eigenvalue weighted by atomic mass is 35.5. The van der Waals surface area contributed by atoms with Crippen LogP contribution in [-0.4, -0.2) is 18.5 Å².